The molecule has 3 rings (SSSR count). The van der Waals surface area contributed by atoms with Gasteiger partial charge in [-0.1, -0.05) is 6.92 Å². The summed E-state index contributed by atoms with van der Waals surface area (Å²) < 4.78 is 0. The first kappa shape index (κ1) is 18.3. The molecule has 1 saturated heterocycles. The maximum absolute atomic E-state index is 12.6. The Hall–Kier alpha value is -2.52. The van der Waals surface area contributed by atoms with Gasteiger partial charge >= 0.3 is 0 Å². The van der Waals surface area contributed by atoms with E-state index in [9.17, 15) is 9.59 Å². The second-order valence-corrected chi connectivity index (χ2v) is 6.91. The molecule has 1 atom stereocenters. The summed E-state index contributed by atoms with van der Waals surface area (Å²) in [5.74, 6) is 0.0938. The first-order chi connectivity index (χ1) is 12.6. The third-order valence-corrected chi connectivity index (χ3v) is 5.15. The van der Waals surface area contributed by atoms with Crippen LogP contribution in [0, 0.1) is 0 Å². The van der Waals surface area contributed by atoms with Crippen LogP contribution in [0.15, 0.2) is 29.9 Å². The number of hydrogen-bond donors (Lipinski definition) is 2. The lowest BCUT2D eigenvalue weighted by molar-refractivity contribution is -0.121. The van der Waals surface area contributed by atoms with Gasteiger partial charge in [0, 0.05) is 44.0 Å². The van der Waals surface area contributed by atoms with E-state index >= 15 is 0 Å². The minimum Gasteiger partial charge on any atom is -0.365 e. The average Bonchev–Trinajstić information content (AvgIpc) is 3.16. The molecule has 3 N–H and O–H groups in total. The van der Waals surface area contributed by atoms with Crippen molar-refractivity contribution in [3.8, 4) is 0 Å². The summed E-state index contributed by atoms with van der Waals surface area (Å²) in [7, 11) is 0. The Labute approximate surface area is 156 Å². The van der Waals surface area contributed by atoms with Gasteiger partial charge in [-0.25, -0.2) is 9.97 Å². The van der Waals surface area contributed by atoms with Crippen LogP contribution in [0.1, 0.15) is 23.7 Å². The Morgan fingerprint density at radius 3 is 2.65 bits per heavy atom. The minimum absolute atomic E-state index is 0.0356. The van der Waals surface area contributed by atoms with Gasteiger partial charge in [0.15, 0.2) is 5.13 Å². The molecule has 0 saturated carbocycles. The number of carbonyl (C=O) groups is 2. The van der Waals surface area contributed by atoms with Crippen molar-refractivity contribution in [1.29, 1.82) is 0 Å². The van der Waals surface area contributed by atoms with Gasteiger partial charge in [-0.05, 0) is 18.6 Å². The molecule has 1 fully saturated rings. The van der Waals surface area contributed by atoms with E-state index in [0.29, 0.717) is 49.1 Å². The van der Waals surface area contributed by atoms with Gasteiger partial charge in [-0.15, -0.1) is 11.3 Å². The van der Waals surface area contributed by atoms with Crippen molar-refractivity contribution < 1.29 is 9.59 Å². The largest absolute Gasteiger partial charge is 0.365 e. The van der Waals surface area contributed by atoms with Crippen molar-refractivity contribution in [2.75, 3.05) is 36.4 Å². The molecule has 0 radical (unpaired) electrons. The number of hydrogen-bond acceptors (Lipinski definition) is 7. The van der Waals surface area contributed by atoms with Gasteiger partial charge < -0.3 is 16.0 Å². The topological polar surface area (TPSA) is 104 Å². The highest BCUT2D eigenvalue weighted by atomic mass is 32.1. The van der Waals surface area contributed by atoms with Crippen LogP contribution in [0.4, 0.5) is 10.9 Å². The van der Waals surface area contributed by atoms with Crippen molar-refractivity contribution in [3.05, 3.63) is 35.5 Å². The van der Waals surface area contributed by atoms with Crippen LogP contribution < -0.4 is 16.0 Å². The lowest BCUT2D eigenvalue weighted by Crippen LogP contribution is -2.54. The number of thiazole rings is 1. The zero-order valence-corrected chi connectivity index (χ0v) is 15.4. The molecular weight excluding hydrogens is 352 g/mol. The zero-order valence-electron chi connectivity index (χ0n) is 14.6. The molecular formula is C17H22N6O2S. The van der Waals surface area contributed by atoms with E-state index < -0.39 is 5.91 Å². The molecule has 0 spiro atoms. The number of piperazine rings is 1. The second kappa shape index (κ2) is 8.24. The number of nitrogens with zero attached hydrogens (tertiary/aromatic N) is 4. The Bertz CT molecular complexity index is 758. The molecule has 1 aliphatic heterocycles. The van der Waals surface area contributed by atoms with E-state index in [0.717, 1.165) is 0 Å². The Morgan fingerprint density at radius 2 is 2.04 bits per heavy atom. The molecule has 8 nitrogen and oxygen atoms in total. The SMILES string of the molecule is CCC(C(=O)Nc1nccs1)N1CCN(c2ncccc2C(N)=O)CC1. The number of nitrogens with one attached hydrogen (secondary N) is 1. The molecule has 1 aliphatic rings. The molecule has 138 valence electrons. The number of carbonyl (C=O) groups excluding carboxylic acids is 2. The Morgan fingerprint density at radius 1 is 1.27 bits per heavy atom. The average molecular weight is 374 g/mol. The monoisotopic (exact) mass is 374 g/mol. The van der Waals surface area contributed by atoms with Crippen LogP contribution in [0.2, 0.25) is 0 Å². The summed E-state index contributed by atoms with van der Waals surface area (Å²) in [6.07, 6.45) is 4.04. The molecule has 2 aromatic rings. The van der Waals surface area contributed by atoms with E-state index in [-0.39, 0.29) is 11.9 Å². The molecule has 0 aromatic carbocycles. The summed E-state index contributed by atoms with van der Waals surface area (Å²) in [6, 6.07) is 3.18. The quantitative estimate of drug-likeness (QED) is 0.787. The third-order valence-electron chi connectivity index (χ3n) is 4.46. The zero-order chi connectivity index (χ0) is 18.5. The van der Waals surface area contributed by atoms with Crippen LogP contribution in [-0.2, 0) is 4.79 Å². The van der Waals surface area contributed by atoms with Crippen molar-refractivity contribution in [2.45, 2.75) is 19.4 Å². The molecule has 0 aliphatic carbocycles. The lowest BCUT2D eigenvalue weighted by atomic mass is 10.1. The molecule has 26 heavy (non-hydrogen) atoms. The maximum Gasteiger partial charge on any atom is 0.252 e. The summed E-state index contributed by atoms with van der Waals surface area (Å²) in [6.45, 7) is 4.77. The number of aromatic nitrogens is 2. The molecule has 0 bridgehead atoms. The predicted molar refractivity (Wildman–Crippen MR) is 101 cm³/mol. The number of anilines is 2. The van der Waals surface area contributed by atoms with E-state index in [1.54, 1.807) is 24.5 Å². The van der Waals surface area contributed by atoms with Gasteiger partial charge in [-0.3, -0.25) is 14.5 Å². The highest BCUT2D eigenvalue weighted by Gasteiger charge is 2.29. The van der Waals surface area contributed by atoms with Crippen molar-refractivity contribution in [3.63, 3.8) is 0 Å². The van der Waals surface area contributed by atoms with E-state index in [1.807, 2.05) is 17.2 Å². The fourth-order valence-corrected chi connectivity index (χ4v) is 3.70. The number of pyridine rings is 1. The van der Waals surface area contributed by atoms with Crippen LogP contribution in [-0.4, -0.2) is 58.9 Å². The molecule has 1 unspecified atom stereocenters. The molecule has 2 aromatic heterocycles. The highest BCUT2D eigenvalue weighted by Crippen LogP contribution is 2.20. The van der Waals surface area contributed by atoms with Gasteiger partial charge in [0.25, 0.3) is 5.91 Å². The van der Waals surface area contributed by atoms with E-state index in [2.05, 4.69) is 20.2 Å². The fourth-order valence-electron chi connectivity index (χ4n) is 3.17. The minimum atomic E-state index is -0.482. The molecule has 2 amide bonds. The summed E-state index contributed by atoms with van der Waals surface area (Å²) in [4.78, 5) is 36.8. The summed E-state index contributed by atoms with van der Waals surface area (Å²) in [5, 5.41) is 5.33. The Kier molecular flexibility index (Phi) is 5.79. The molecule has 3 heterocycles. The highest BCUT2D eigenvalue weighted by molar-refractivity contribution is 7.13. The molecule has 9 heteroatoms. The van der Waals surface area contributed by atoms with E-state index in [4.69, 9.17) is 5.73 Å². The van der Waals surface area contributed by atoms with E-state index in [1.165, 1.54) is 11.3 Å². The predicted octanol–water partition coefficient (Wildman–Crippen LogP) is 1.18. The van der Waals surface area contributed by atoms with Gasteiger partial charge in [0.2, 0.25) is 5.91 Å². The maximum atomic E-state index is 12.6. The number of nitrogens with two attached hydrogens (primary N) is 1. The summed E-state index contributed by atoms with van der Waals surface area (Å²) in [5.41, 5.74) is 5.87. The standard InChI is InChI=1S/C17H22N6O2S/c1-2-13(16(25)21-17-20-6-11-26-17)22-7-9-23(10-8-22)15-12(14(18)24)4-3-5-19-15/h3-6,11,13H,2,7-10H2,1H3,(H2,18,24)(H,20,21,25). The smallest absolute Gasteiger partial charge is 0.252 e. The normalized spacial score (nSPS) is 16.3. The second-order valence-electron chi connectivity index (χ2n) is 6.01. The van der Waals surface area contributed by atoms with Crippen LogP contribution in [0.3, 0.4) is 0 Å². The first-order valence-electron chi connectivity index (χ1n) is 8.54. The number of primary amides is 1. The Balaban J connectivity index is 1.64. The van der Waals surface area contributed by atoms with Gasteiger partial charge in [0.05, 0.1) is 11.6 Å². The number of rotatable bonds is 6. The van der Waals surface area contributed by atoms with Crippen LogP contribution in [0.25, 0.3) is 0 Å². The van der Waals surface area contributed by atoms with Crippen molar-refractivity contribution in [2.24, 2.45) is 5.73 Å². The summed E-state index contributed by atoms with van der Waals surface area (Å²) >= 11 is 1.41. The lowest BCUT2D eigenvalue weighted by Gasteiger charge is -2.39. The number of amides is 2. The van der Waals surface area contributed by atoms with Gasteiger partial charge in [0.1, 0.15) is 5.82 Å². The van der Waals surface area contributed by atoms with Crippen LogP contribution in [0.5, 0.6) is 0 Å². The van der Waals surface area contributed by atoms with Gasteiger partial charge in [-0.2, -0.15) is 0 Å². The van der Waals surface area contributed by atoms with Crippen molar-refractivity contribution in [1.82, 2.24) is 14.9 Å². The van der Waals surface area contributed by atoms with Crippen LogP contribution >= 0.6 is 11.3 Å². The first-order valence-corrected chi connectivity index (χ1v) is 9.42. The fraction of sp³-hybridized carbons (Fsp3) is 0.412. The third kappa shape index (κ3) is 4.00. The van der Waals surface area contributed by atoms with Crippen molar-refractivity contribution >= 4 is 34.1 Å².